The molecule has 0 aromatic heterocycles. The molecule has 0 atom stereocenters. The van der Waals surface area contributed by atoms with E-state index in [1.807, 2.05) is 13.8 Å². The molecule has 2 N–H and O–H groups in total. The van der Waals surface area contributed by atoms with Crippen molar-refractivity contribution < 1.29 is 53.8 Å². The molecule has 0 saturated carbocycles. The van der Waals surface area contributed by atoms with Crippen molar-refractivity contribution in [2.24, 2.45) is 10.2 Å². The number of rotatable bonds is 8. The van der Waals surface area contributed by atoms with E-state index in [-0.39, 0.29) is 45.6 Å². The third-order valence-electron chi connectivity index (χ3n) is 3.80. The summed E-state index contributed by atoms with van der Waals surface area (Å²) in [7, 11) is 3.08. The molecule has 0 bridgehead atoms. The molecule has 0 aliphatic carbocycles. The Morgan fingerprint density at radius 1 is 0.806 bits per heavy atom. The molecule has 2 aromatic carbocycles. The first-order valence-corrected chi connectivity index (χ1v) is 11.0. The number of hydrogen-bond donors (Lipinski definition) is 2. The SMILES string of the molecule is CCNC(=[SH+])[N-]N=Cc1cc(OC)ccc1[O-].CCNC(=[SH+])[N-]N=Cc1cc(OC)ccc1[O-].[Cu+2].[Cu+2]. The predicted octanol–water partition coefficient (Wildman–Crippen LogP) is 0.900. The quantitative estimate of drug-likeness (QED) is 0.111. The summed E-state index contributed by atoms with van der Waals surface area (Å²) in [5.41, 5.74) is 8.37. The molecule has 2 rings (SSSR count). The molecule has 10 nitrogen and oxygen atoms in total. The zero-order valence-corrected chi connectivity index (χ0v) is 23.6. The van der Waals surface area contributed by atoms with Crippen LogP contribution in [0, 0.1) is 0 Å². The third kappa shape index (κ3) is 14.3. The molecule has 14 heteroatoms. The van der Waals surface area contributed by atoms with Crippen LogP contribution < -0.4 is 30.3 Å². The fraction of sp³-hybridized carbons (Fsp3) is 0.273. The van der Waals surface area contributed by atoms with Crippen molar-refractivity contribution in [1.82, 2.24) is 10.6 Å². The van der Waals surface area contributed by atoms with Crippen LogP contribution in [0.3, 0.4) is 0 Å². The minimum absolute atomic E-state index is 0. The van der Waals surface area contributed by atoms with Crippen molar-refractivity contribution >= 4 is 47.1 Å². The van der Waals surface area contributed by atoms with Gasteiger partial charge in [0.15, 0.2) is 34.7 Å². The molecule has 2 radical (unpaired) electrons. The molecule has 202 valence electrons. The average Bonchev–Trinajstić information content (AvgIpc) is 2.82. The third-order valence-corrected chi connectivity index (χ3v) is 4.30. The van der Waals surface area contributed by atoms with E-state index in [0.717, 1.165) is 0 Å². The summed E-state index contributed by atoms with van der Waals surface area (Å²) in [6.45, 7) is 5.27. The van der Waals surface area contributed by atoms with E-state index in [2.05, 4.69) is 56.1 Å². The molecule has 0 amide bonds. The average molecular weight is 632 g/mol. The monoisotopic (exact) mass is 630 g/mol. The number of thiol groups is 2. The van der Waals surface area contributed by atoms with Crippen molar-refractivity contribution in [2.45, 2.75) is 13.8 Å². The molecule has 0 unspecified atom stereocenters. The number of nitrogens with zero attached hydrogens (tertiary/aromatic N) is 4. The summed E-state index contributed by atoms with van der Waals surface area (Å²) < 4.78 is 10.0. The number of nitrogens with one attached hydrogen (secondary N) is 2. The summed E-state index contributed by atoms with van der Waals surface area (Å²) in [6.07, 6.45) is 2.75. The number of benzene rings is 2. The molecular weight excluding hydrogens is 604 g/mol. The van der Waals surface area contributed by atoms with Gasteiger partial charge in [-0.25, -0.2) is 0 Å². The Balaban J connectivity index is 0. The van der Waals surface area contributed by atoms with Crippen molar-refractivity contribution in [3.63, 3.8) is 0 Å². The Bertz CT molecular complexity index is 933. The van der Waals surface area contributed by atoms with Crippen LogP contribution in [-0.2, 0) is 58.6 Å². The largest absolute Gasteiger partial charge is 2.00 e. The van der Waals surface area contributed by atoms with Crippen molar-refractivity contribution in [1.29, 1.82) is 0 Å². The second kappa shape index (κ2) is 20.9. The van der Waals surface area contributed by atoms with E-state index < -0.39 is 0 Å². The van der Waals surface area contributed by atoms with E-state index in [0.29, 0.717) is 45.9 Å². The van der Waals surface area contributed by atoms with E-state index in [9.17, 15) is 10.2 Å². The summed E-state index contributed by atoms with van der Waals surface area (Å²) in [6, 6.07) is 9.27. The maximum atomic E-state index is 11.5. The smallest absolute Gasteiger partial charge is 0.872 e. The summed E-state index contributed by atoms with van der Waals surface area (Å²) in [5.74, 6) is 0.948. The second-order valence-corrected chi connectivity index (χ2v) is 7.05. The minimum Gasteiger partial charge on any atom is -0.872 e. The molecule has 36 heavy (non-hydrogen) atoms. The number of ether oxygens (including phenoxy) is 2. The first-order valence-electron chi connectivity index (χ1n) is 10.1. The van der Waals surface area contributed by atoms with Crippen LogP contribution >= 0.6 is 0 Å². The van der Waals surface area contributed by atoms with Crippen LogP contribution in [0.25, 0.3) is 10.9 Å². The van der Waals surface area contributed by atoms with E-state index >= 15 is 0 Å². The topological polar surface area (TPSA) is 142 Å². The van der Waals surface area contributed by atoms with Crippen molar-refractivity contribution in [3.8, 4) is 23.0 Å². The second-order valence-electron chi connectivity index (χ2n) is 6.20. The van der Waals surface area contributed by atoms with Gasteiger partial charge < -0.3 is 40.7 Å². The maximum Gasteiger partial charge on any atom is 2.00 e. The molecule has 0 fully saturated rings. The van der Waals surface area contributed by atoms with Crippen LogP contribution in [0.1, 0.15) is 25.0 Å². The van der Waals surface area contributed by atoms with Crippen LogP contribution in [0.4, 0.5) is 0 Å². The first-order chi connectivity index (χ1) is 16.3. The van der Waals surface area contributed by atoms with E-state index in [1.54, 1.807) is 24.3 Å². The fourth-order valence-electron chi connectivity index (χ4n) is 2.19. The van der Waals surface area contributed by atoms with Gasteiger partial charge in [0.2, 0.25) is 0 Å². The molecule has 2 aromatic rings. The van der Waals surface area contributed by atoms with Crippen LogP contribution in [0.2, 0.25) is 0 Å². The summed E-state index contributed by atoms with van der Waals surface area (Å²) in [4.78, 5) is 0. The van der Waals surface area contributed by atoms with Crippen molar-refractivity contribution in [2.75, 3.05) is 27.3 Å². The van der Waals surface area contributed by atoms with Gasteiger partial charge in [-0.1, -0.05) is 37.5 Å². The van der Waals surface area contributed by atoms with E-state index in [1.165, 1.54) is 38.8 Å². The Morgan fingerprint density at radius 2 is 1.17 bits per heavy atom. The molecular formula is C22H28Cu2N6O4S2+2. The van der Waals surface area contributed by atoms with Crippen LogP contribution in [0.5, 0.6) is 23.0 Å². The van der Waals surface area contributed by atoms with Gasteiger partial charge in [-0.05, 0) is 48.5 Å². The van der Waals surface area contributed by atoms with Crippen LogP contribution in [0.15, 0.2) is 46.6 Å². The van der Waals surface area contributed by atoms with Gasteiger partial charge in [0, 0.05) is 12.4 Å². The fourth-order valence-corrected chi connectivity index (χ4v) is 2.61. The standard InChI is InChI=1S/2C11H15N3O2S.2Cu/c2*1-3-12-11(17)14-13-7-8-6-9(16-2)4-5-10(8)15;;/h2*4-7H,3H2,1-2H3,(H3,12,13,14,15,17);;/q;;2*+2/p-2. The zero-order valence-electron chi connectivity index (χ0n) is 20.0. The summed E-state index contributed by atoms with van der Waals surface area (Å²) in [5, 5.41) is 37.0. The van der Waals surface area contributed by atoms with Gasteiger partial charge in [-0.2, -0.15) is 0 Å². The Kier molecular flexibility index (Phi) is 20.8. The minimum atomic E-state index is -0.131. The van der Waals surface area contributed by atoms with Gasteiger partial charge in [0.1, 0.15) is 11.5 Å². The maximum absolute atomic E-state index is 11.5. The normalized spacial score (nSPS) is 9.89. The van der Waals surface area contributed by atoms with Gasteiger partial charge in [0.25, 0.3) is 0 Å². The first kappa shape index (κ1) is 35.9. The molecule has 0 saturated heterocycles. The summed E-state index contributed by atoms with van der Waals surface area (Å²) >= 11 is 8.09. The Hall–Kier alpha value is -2.28. The van der Waals surface area contributed by atoms with Gasteiger partial charge in [-0.3, -0.25) is 10.6 Å². The molecule has 0 aliphatic heterocycles. The predicted molar refractivity (Wildman–Crippen MR) is 142 cm³/mol. The zero-order chi connectivity index (χ0) is 25.3. The van der Waals surface area contributed by atoms with Gasteiger partial charge in [0.05, 0.1) is 14.2 Å². The van der Waals surface area contributed by atoms with Gasteiger partial charge >= 0.3 is 34.1 Å². The Labute approximate surface area is 243 Å². The van der Waals surface area contributed by atoms with E-state index in [4.69, 9.17) is 9.47 Å². The van der Waals surface area contributed by atoms with Gasteiger partial charge in [-0.15, -0.1) is 0 Å². The van der Waals surface area contributed by atoms with Crippen molar-refractivity contribution in [3.05, 3.63) is 58.4 Å². The van der Waals surface area contributed by atoms with Crippen LogP contribution in [-0.4, -0.2) is 50.0 Å². The number of hydrogen-bond acceptors (Lipinski definition) is 6. The molecule has 0 heterocycles. The number of methoxy groups -OCH3 is 2. The molecule has 0 aliphatic rings. The Morgan fingerprint density at radius 3 is 1.47 bits per heavy atom. The molecule has 0 spiro atoms.